The minimum absolute atomic E-state index is 0.0941. The van der Waals surface area contributed by atoms with Crippen LogP contribution >= 0.6 is 0 Å². The van der Waals surface area contributed by atoms with Crippen LogP contribution in [0.25, 0.3) is 28.0 Å². The van der Waals surface area contributed by atoms with Crippen molar-refractivity contribution >= 4 is 35.3 Å². The van der Waals surface area contributed by atoms with E-state index in [1.165, 1.54) is 14.2 Å². The van der Waals surface area contributed by atoms with Crippen molar-refractivity contribution in [1.29, 1.82) is 0 Å². The number of carbonyl (C=O) groups is 4. The summed E-state index contributed by atoms with van der Waals surface area (Å²) in [6.07, 6.45) is 6.47. The minimum Gasteiger partial charge on any atom is -0.453 e. The second kappa shape index (κ2) is 16.9. The zero-order valence-corrected chi connectivity index (χ0v) is 33.6. The van der Waals surface area contributed by atoms with Gasteiger partial charge in [0, 0.05) is 31.4 Å². The minimum atomic E-state index is -0.696. The second-order valence-corrected chi connectivity index (χ2v) is 16.0. The van der Waals surface area contributed by atoms with Crippen LogP contribution in [0.5, 0.6) is 0 Å². The van der Waals surface area contributed by atoms with Gasteiger partial charge in [0.1, 0.15) is 17.9 Å². The largest absolute Gasteiger partial charge is 0.453 e. The van der Waals surface area contributed by atoms with Gasteiger partial charge in [0.15, 0.2) is 0 Å². The normalized spacial score (nSPS) is 20.0. The van der Waals surface area contributed by atoms with E-state index >= 15 is 0 Å². The fourth-order valence-electron chi connectivity index (χ4n) is 8.52. The highest BCUT2D eigenvalue weighted by molar-refractivity contribution is 6.04. The average Bonchev–Trinajstić information content (AvgIpc) is 4.04. The van der Waals surface area contributed by atoms with Crippen LogP contribution in [0.2, 0.25) is 0 Å². The molecule has 2 aromatic carbocycles. The number of ether oxygens (including phenoxy) is 3. The molecule has 14 heteroatoms. The lowest BCUT2D eigenvalue weighted by Gasteiger charge is -2.31. The first-order valence-corrected chi connectivity index (χ1v) is 19.9. The molecule has 4 atom stereocenters. The predicted molar refractivity (Wildman–Crippen MR) is 215 cm³/mol. The number of aromatic nitrogens is 2. The van der Waals surface area contributed by atoms with Crippen molar-refractivity contribution in [1.82, 2.24) is 30.4 Å². The summed E-state index contributed by atoms with van der Waals surface area (Å²) in [6.45, 7) is 9.76. The van der Waals surface area contributed by atoms with Crippen molar-refractivity contribution in [3.8, 4) is 22.4 Å². The number of nitrogens with one attached hydrogen (secondary N) is 3. The first kappa shape index (κ1) is 39.7. The number of imidazole rings is 1. The topological polar surface area (TPSA) is 168 Å². The second-order valence-electron chi connectivity index (χ2n) is 16.0. The lowest BCUT2D eigenvalue weighted by molar-refractivity contribution is -0.135. The standard InChI is InChI=1S/C43H53N7O7/c1-24(2)37(47-42(53)55-5)40(51)49-15-7-9-35(49)33-19-28(20-44-33)26-11-13-31-29(17-26)22-57-23-30-18-27(12-14-32(30)31)34-21-45-39(46-34)36-10-8-16-50(36)41(52)38(25(3)4)48-43(54)56-6/h11-14,17-18,20-21,24-25,35-38H,7-10,15-16,19,22-23H2,1-6H3,(H,45,46)(H,47,53)(H,48,54)/t35?,36-,37-,38-/m0/s1. The molecule has 1 unspecified atom stereocenters. The molecule has 0 aliphatic carbocycles. The maximum atomic E-state index is 13.7. The van der Waals surface area contributed by atoms with Gasteiger partial charge in [0.25, 0.3) is 0 Å². The molecule has 7 rings (SSSR count). The number of fused-ring (bicyclic) bond motifs is 3. The van der Waals surface area contributed by atoms with Gasteiger partial charge in [-0.05, 0) is 88.6 Å². The van der Waals surface area contributed by atoms with Crippen LogP contribution in [-0.2, 0) is 37.0 Å². The molecule has 0 radical (unpaired) electrons. The zero-order valence-electron chi connectivity index (χ0n) is 33.6. The van der Waals surface area contributed by atoms with Crippen LogP contribution in [-0.4, -0.2) is 94.9 Å². The number of H-pyrrole nitrogens is 1. The molecule has 0 spiro atoms. The Morgan fingerprint density at radius 2 is 1.33 bits per heavy atom. The summed E-state index contributed by atoms with van der Waals surface area (Å²) in [5, 5.41) is 5.43. The van der Waals surface area contributed by atoms with Gasteiger partial charge in [-0.25, -0.2) is 14.6 Å². The molecular formula is C43H53N7O7. The first-order chi connectivity index (χ1) is 27.5. The number of benzene rings is 2. The van der Waals surface area contributed by atoms with Crippen molar-refractivity contribution in [3.05, 3.63) is 71.3 Å². The highest BCUT2D eigenvalue weighted by atomic mass is 16.5. The fraction of sp³-hybridized carbons (Fsp3) is 0.488. The third-order valence-corrected chi connectivity index (χ3v) is 11.6. The van der Waals surface area contributed by atoms with Crippen LogP contribution < -0.4 is 10.6 Å². The number of likely N-dealkylation sites (tertiary alicyclic amines) is 2. The predicted octanol–water partition coefficient (Wildman–Crippen LogP) is 6.38. The number of allylic oxidation sites excluding steroid dienone is 1. The molecule has 14 nitrogen and oxygen atoms in total. The SMILES string of the molecule is COC(=O)N[C@H](C(=O)N1CCCC1C1=NC=C(c2ccc3c(c2)COCc2cc(-c4cnc([C@@H]5CCCN5C(=O)[C@@H](NC(=O)OC)C(C)C)[nH]4)ccc2-3)C1)C(C)C. The molecule has 4 aliphatic rings. The molecule has 1 aromatic heterocycles. The van der Waals surface area contributed by atoms with Gasteiger partial charge < -0.3 is 39.6 Å². The summed E-state index contributed by atoms with van der Waals surface area (Å²) < 4.78 is 15.8. The molecular weight excluding hydrogens is 727 g/mol. The summed E-state index contributed by atoms with van der Waals surface area (Å²) in [5.74, 6) is 0.264. The lowest BCUT2D eigenvalue weighted by Crippen LogP contribution is -2.53. The van der Waals surface area contributed by atoms with E-state index in [0.717, 1.165) is 81.9 Å². The lowest BCUT2D eigenvalue weighted by atomic mass is 9.91. The Hall–Kier alpha value is -5.50. The summed E-state index contributed by atoms with van der Waals surface area (Å²) >= 11 is 0. The number of hydrogen-bond acceptors (Lipinski definition) is 9. The van der Waals surface area contributed by atoms with E-state index in [1.54, 1.807) is 0 Å². The molecule has 2 saturated heterocycles. The Morgan fingerprint density at radius 3 is 1.91 bits per heavy atom. The van der Waals surface area contributed by atoms with Crippen molar-refractivity contribution in [3.63, 3.8) is 0 Å². The first-order valence-electron chi connectivity index (χ1n) is 19.9. The Balaban J connectivity index is 1.04. The molecule has 0 bridgehead atoms. The Morgan fingerprint density at radius 1 is 0.789 bits per heavy atom. The van der Waals surface area contributed by atoms with Crippen molar-refractivity contribution < 1.29 is 33.4 Å². The average molecular weight is 780 g/mol. The van der Waals surface area contributed by atoms with Gasteiger partial charge in [0.05, 0.1) is 51.4 Å². The quantitative estimate of drug-likeness (QED) is 0.213. The van der Waals surface area contributed by atoms with Crippen LogP contribution in [0.4, 0.5) is 9.59 Å². The highest BCUT2D eigenvalue weighted by Gasteiger charge is 2.39. The molecule has 4 aliphatic heterocycles. The Bertz CT molecular complexity index is 2090. The molecule has 2 fully saturated rings. The molecule has 3 N–H and O–H groups in total. The van der Waals surface area contributed by atoms with E-state index in [2.05, 4.69) is 52.0 Å². The third-order valence-electron chi connectivity index (χ3n) is 11.6. The zero-order chi connectivity index (χ0) is 40.4. The van der Waals surface area contributed by atoms with Gasteiger partial charge in [-0.2, -0.15) is 0 Å². The fourth-order valence-corrected chi connectivity index (χ4v) is 8.52. The number of methoxy groups -OCH3 is 2. The van der Waals surface area contributed by atoms with Gasteiger partial charge >= 0.3 is 12.2 Å². The summed E-state index contributed by atoms with van der Waals surface area (Å²) in [6, 6.07) is 11.1. The maximum absolute atomic E-state index is 13.7. The molecule has 302 valence electrons. The van der Waals surface area contributed by atoms with Crippen LogP contribution in [0.3, 0.4) is 0 Å². The smallest absolute Gasteiger partial charge is 0.407 e. The van der Waals surface area contributed by atoms with Crippen molar-refractivity contribution in [2.75, 3.05) is 27.3 Å². The van der Waals surface area contributed by atoms with Gasteiger partial charge in [-0.1, -0.05) is 52.0 Å². The van der Waals surface area contributed by atoms with Crippen LogP contribution in [0, 0.1) is 11.8 Å². The number of alkyl carbamates (subject to hydrolysis) is 2. The van der Waals surface area contributed by atoms with E-state index < -0.39 is 24.3 Å². The maximum Gasteiger partial charge on any atom is 0.407 e. The molecule has 5 heterocycles. The van der Waals surface area contributed by atoms with Crippen molar-refractivity contribution in [2.24, 2.45) is 16.8 Å². The number of hydrogen-bond donors (Lipinski definition) is 3. The van der Waals surface area contributed by atoms with Gasteiger partial charge in [-0.3, -0.25) is 14.6 Å². The number of amides is 4. The summed E-state index contributed by atoms with van der Waals surface area (Å²) in [7, 11) is 2.59. The summed E-state index contributed by atoms with van der Waals surface area (Å²) in [4.78, 5) is 68.0. The van der Waals surface area contributed by atoms with E-state index in [0.29, 0.717) is 32.7 Å². The molecule has 4 amide bonds. The number of carbonyl (C=O) groups excluding carboxylic acids is 4. The summed E-state index contributed by atoms with van der Waals surface area (Å²) in [5.41, 5.74) is 9.35. The number of aromatic amines is 1. The Kier molecular flexibility index (Phi) is 11.8. The highest BCUT2D eigenvalue weighted by Crippen LogP contribution is 2.38. The Labute approximate surface area is 333 Å². The van der Waals surface area contributed by atoms with Crippen LogP contribution in [0.1, 0.15) is 88.4 Å². The third kappa shape index (κ3) is 8.18. The van der Waals surface area contributed by atoms with Gasteiger partial charge in [0.2, 0.25) is 11.8 Å². The molecule has 3 aromatic rings. The monoisotopic (exact) mass is 779 g/mol. The van der Waals surface area contributed by atoms with E-state index in [9.17, 15) is 19.2 Å². The number of nitrogens with zero attached hydrogens (tertiary/aromatic N) is 4. The molecule has 57 heavy (non-hydrogen) atoms. The van der Waals surface area contributed by atoms with E-state index in [1.807, 2.05) is 49.9 Å². The van der Waals surface area contributed by atoms with E-state index in [4.69, 9.17) is 24.2 Å². The number of aliphatic imine (C=N–C) groups is 1. The van der Waals surface area contributed by atoms with Crippen LogP contribution in [0.15, 0.2) is 53.8 Å². The van der Waals surface area contributed by atoms with E-state index in [-0.39, 0.29) is 35.7 Å². The van der Waals surface area contributed by atoms with Gasteiger partial charge in [-0.15, -0.1) is 0 Å². The number of rotatable bonds is 10. The van der Waals surface area contributed by atoms with Crippen molar-refractivity contribution in [2.45, 2.75) is 97.2 Å². The molecule has 0 saturated carbocycles.